The summed E-state index contributed by atoms with van der Waals surface area (Å²) in [6.07, 6.45) is 3.29. The van der Waals surface area contributed by atoms with Crippen LogP contribution in [-0.2, 0) is 9.53 Å². The molecule has 1 fully saturated rings. The number of rotatable bonds is 3. The van der Waals surface area contributed by atoms with Crippen molar-refractivity contribution in [2.45, 2.75) is 33.3 Å². The van der Waals surface area contributed by atoms with Gasteiger partial charge in [-0.1, -0.05) is 35.9 Å². The third-order valence-electron chi connectivity index (χ3n) is 4.82. The van der Waals surface area contributed by atoms with E-state index in [1.54, 1.807) is 19.1 Å². The number of hydrogen-bond donors (Lipinski definition) is 1. The summed E-state index contributed by atoms with van der Waals surface area (Å²) >= 11 is 0. The zero-order valence-electron chi connectivity index (χ0n) is 15.3. The van der Waals surface area contributed by atoms with E-state index >= 15 is 0 Å². The van der Waals surface area contributed by atoms with E-state index in [0.29, 0.717) is 12.0 Å². The molecule has 3 rings (SSSR count). The Morgan fingerprint density at radius 1 is 1.15 bits per heavy atom. The number of esters is 1. The van der Waals surface area contributed by atoms with Crippen molar-refractivity contribution in [2.75, 3.05) is 6.61 Å². The first kappa shape index (κ1) is 18.3. The largest absolute Gasteiger partial charge is 0.465 e. The molecule has 0 radical (unpaired) electrons. The summed E-state index contributed by atoms with van der Waals surface area (Å²) in [7, 11) is 0. The van der Waals surface area contributed by atoms with Gasteiger partial charge in [0.1, 0.15) is 11.7 Å². The monoisotopic (exact) mass is 354 g/mol. The van der Waals surface area contributed by atoms with Crippen LogP contribution in [0.2, 0.25) is 0 Å². The molecule has 0 aliphatic carbocycles. The molecule has 1 aliphatic heterocycles. The van der Waals surface area contributed by atoms with Gasteiger partial charge < -0.3 is 9.84 Å². The lowest BCUT2D eigenvalue weighted by atomic mass is 9.90. The summed E-state index contributed by atoms with van der Waals surface area (Å²) in [6.45, 7) is 6.02. The topological polar surface area (TPSA) is 46.5 Å². The minimum atomic E-state index is -0.727. The molecule has 1 unspecified atom stereocenters. The van der Waals surface area contributed by atoms with Crippen molar-refractivity contribution in [3.05, 3.63) is 64.5 Å². The highest BCUT2D eigenvalue weighted by atomic mass is 19.1. The normalized spacial score (nSPS) is 20.4. The molecule has 2 aromatic carbocycles. The van der Waals surface area contributed by atoms with E-state index in [0.717, 1.165) is 27.8 Å². The molecule has 3 nitrogen and oxygen atoms in total. The molecule has 2 atom stereocenters. The Bertz CT molecular complexity index is 870. The van der Waals surface area contributed by atoms with Crippen LogP contribution in [0.5, 0.6) is 0 Å². The smallest absolute Gasteiger partial charge is 0.315 e. The first-order chi connectivity index (χ1) is 12.4. The van der Waals surface area contributed by atoms with Crippen LogP contribution in [0.15, 0.2) is 36.4 Å². The van der Waals surface area contributed by atoms with Gasteiger partial charge in [-0.3, -0.25) is 4.79 Å². The molecule has 136 valence electrons. The lowest BCUT2D eigenvalue weighted by molar-refractivity contribution is -0.157. The molecule has 0 saturated carbocycles. The lowest BCUT2D eigenvalue weighted by Gasteiger charge is -2.24. The average molecular weight is 354 g/mol. The second-order valence-corrected chi connectivity index (χ2v) is 6.92. The van der Waals surface area contributed by atoms with Gasteiger partial charge in [0.2, 0.25) is 0 Å². The second kappa shape index (κ2) is 7.42. The van der Waals surface area contributed by atoms with Gasteiger partial charge in [-0.2, -0.15) is 0 Å². The number of aliphatic hydroxyl groups excluding tert-OH is 1. The number of carbonyl (C=O) groups excluding carboxylic acids is 1. The van der Waals surface area contributed by atoms with E-state index in [1.807, 2.05) is 26.0 Å². The Kier molecular flexibility index (Phi) is 5.23. The molecule has 26 heavy (non-hydrogen) atoms. The molecule has 0 amide bonds. The van der Waals surface area contributed by atoms with Gasteiger partial charge in [0.05, 0.1) is 12.7 Å². The standard InChI is InChI=1S/C22H23FO3/c1-13-10-14(2)17(5-6-18-21(24)8-9-26-22(18)25)19(11-13)16-4-7-20(23)15(3)12-16/h4-7,10-12,18,21,24H,8-9H2,1-3H3/t18?,21-/m1/s1. The molecule has 1 N–H and O–H groups in total. The number of aliphatic hydroxyl groups is 1. The summed E-state index contributed by atoms with van der Waals surface area (Å²) in [5, 5.41) is 10.1. The highest BCUT2D eigenvalue weighted by molar-refractivity contribution is 5.81. The number of aryl methyl sites for hydroxylation is 3. The van der Waals surface area contributed by atoms with Crippen molar-refractivity contribution in [1.29, 1.82) is 0 Å². The Balaban J connectivity index is 2.05. The van der Waals surface area contributed by atoms with Gasteiger partial charge in [0.25, 0.3) is 0 Å². The van der Waals surface area contributed by atoms with E-state index in [2.05, 4.69) is 12.1 Å². The number of benzene rings is 2. The first-order valence-electron chi connectivity index (χ1n) is 8.77. The summed E-state index contributed by atoms with van der Waals surface area (Å²) in [5.41, 5.74) is 5.59. The molecule has 1 heterocycles. The molecule has 1 aliphatic rings. The lowest BCUT2D eigenvalue weighted by Crippen LogP contribution is -2.34. The zero-order chi connectivity index (χ0) is 18.8. The minimum Gasteiger partial charge on any atom is -0.465 e. The molecule has 1 saturated heterocycles. The molecule has 2 aromatic rings. The third kappa shape index (κ3) is 3.70. The Morgan fingerprint density at radius 2 is 1.92 bits per heavy atom. The number of cyclic esters (lactones) is 1. The van der Waals surface area contributed by atoms with E-state index in [1.165, 1.54) is 6.07 Å². The molecule has 0 bridgehead atoms. The summed E-state index contributed by atoms with van der Waals surface area (Å²) in [5.74, 6) is -1.29. The highest BCUT2D eigenvalue weighted by Crippen LogP contribution is 2.31. The fourth-order valence-electron chi connectivity index (χ4n) is 3.37. The maximum absolute atomic E-state index is 13.7. The van der Waals surface area contributed by atoms with Gasteiger partial charge in [-0.15, -0.1) is 0 Å². The highest BCUT2D eigenvalue weighted by Gasteiger charge is 2.30. The quantitative estimate of drug-likeness (QED) is 0.834. The van der Waals surface area contributed by atoms with Crippen LogP contribution < -0.4 is 0 Å². The summed E-state index contributed by atoms with van der Waals surface area (Å²) in [6, 6.07) is 9.17. The van der Waals surface area contributed by atoms with Gasteiger partial charge in [-0.05, 0) is 60.7 Å². The van der Waals surface area contributed by atoms with Gasteiger partial charge in [-0.25, -0.2) is 4.39 Å². The fraction of sp³-hybridized carbons (Fsp3) is 0.318. The van der Waals surface area contributed by atoms with Crippen LogP contribution in [0.4, 0.5) is 4.39 Å². The number of halogens is 1. The third-order valence-corrected chi connectivity index (χ3v) is 4.82. The number of hydrogen-bond acceptors (Lipinski definition) is 3. The van der Waals surface area contributed by atoms with Crippen molar-refractivity contribution in [3.63, 3.8) is 0 Å². The Hall–Kier alpha value is -2.46. The predicted octanol–water partition coefficient (Wildman–Crippen LogP) is 4.36. The van der Waals surface area contributed by atoms with Crippen LogP contribution in [0.1, 0.15) is 28.7 Å². The Morgan fingerprint density at radius 3 is 2.62 bits per heavy atom. The number of carbonyl (C=O) groups is 1. The van der Waals surface area contributed by atoms with Crippen LogP contribution in [0.3, 0.4) is 0 Å². The van der Waals surface area contributed by atoms with E-state index in [4.69, 9.17) is 4.74 Å². The van der Waals surface area contributed by atoms with Crippen molar-refractivity contribution >= 4 is 12.0 Å². The second-order valence-electron chi connectivity index (χ2n) is 6.92. The molecule has 0 spiro atoms. The SMILES string of the molecule is Cc1cc(C)c(C=CC2C(=O)OCC[C@H]2O)c(-c2ccc(F)c(C)c2)c1. The molecular formula is C22H23FO3. The fourth-order valence-corrected chi connectivity index (χ4v) is 3.37. The van der Waals surface area contributed by atoms with E-state index in [9.17, 15) is 14.3 Å². The van der Waals surface area contributed by atoms with Crippen molar-refractivity contribution in [1.82, 2.24) is 0 Å². The van der Waals surface area contributed by atoms with Crippen molar-refractivity contribution in [3.8, 4) is 11.1 Å². The maximum Gasteiger partial charge on any atom is 0.315 e. The van der Waals surface area contributed by atoms with Crippen LogP contribution >= 0.6 is 0 Å². The minimum absolute atomic E-state index is 0.233. The maximum atomic E-state index is 13.7. The average Bonchev–Trinajstić information content (AvgIpc) is 2.58. The molecular weight excluding hydrogens is 331 g/mol. The summed E-state index contributed by atoms with van der Waals surface area (Å²) in [4.78, 5) is 11.9. The predicted molar refractivity (Wildman–Crippen MR) is 100 cm³/mol. The van der Waals surface area contributed by atoms with Crippen LogP contribution in [0.25, 0.3) is 17.2 Å². The van der Waals surface area contributed by atoms with Crippen molar-refractivity contribution in [2.24, 2.45) is 5.92 Å². The van der Waals surface area contributed by atoms with Crippen molar-refractivity contribution < 1.29 is 19.0 Å². The van der Waals surface area contributed by atoms with Gasteiger partial charge in [0.15, 0.2) is 0 Å². The first-order valence-corrected chi connectivity index (χ1v) is 8.77. The zero-order valence-corrected chi connectivity index (χ0v) is 15.3. The molecule has 0 aromatic heterocycles. The number of ether oxygens (including phenoxy) is 1. The van der Waals surface area contributed by atoms with E-state index in [-0.39, 0.29) is 12.4 Å². The van der Waals surface area contributed by atoms with Crippen LogP contribution in [-0.4, -0.2) is 23.8 Å². The van der Waals surface area contributed by atoms with Gasteiger partial charge in [0, 0.05) is 6.42 Å². The van der Waals surface area contributed by atoms with E-state index < -0.39 is 18.0 Å². The van der Waals surface area contributed by atoms with Gasteiger partial charge >= 0.3 is 5.97 Å². The van der Waals surface area contributed by atoms with Crippen LogP contribution in [0, 0.1) is 32.5 Å². The summed E-state index contributed by atoms with van der Waals surface area (Å²) < 4.78 is 18.7. The molecule has 4 heteroatoms. The Labute approximate surface area is 153 Å².